The average molecular weight is 304 g/mol. The van der Waals surface area contributed by atoms with E-state index in [4.69, 9.17) is 10.5 Å². The van der Waals surface area contributed by atoms with Crippen LogP contribution in [0.3, 0.4) is 0 Å². The Morgan fingerprint density at radius 1 is 1.23 bits per heavy atom. The van der Waals surface area contributed by atoms with Crippen LogP contribution in [-0.2, 0) is 7.05 Å². The highest BCUT2D eigenvalue weighted by atomic mass is 19.1. The van der Waals surface area contributed by atoms with E-state index in [1.807, 2.05) is 13.8 Å². The van der Waals surface area contributed by atoms with Crippen molar-refractivity contribution in [1.29, 1.82) is 0 Å². The van der Waals surface area contributed by atoms with Crippen LogP contribution in [0.1, 0.15) is 13.8 Å². The SMILES string of the molecule is CC.COc1ncc(-c2nn(C)c3ncnc(N)c23)cc1F. The Hall–Kier alpha value is -2.77. The van der Waals surface area contributed by atoms with E-state index >= 15 is 0 Å². The van der Waals surface area contributed by atoms with Crippen molar-refractivity contribution in [2.24, 2.45) is 7.05 Å². The van der Waals surface area contributed by atoms with Gasteiger partial charge < -0.3 is 10.5 Å². The van der Waals surface area contributed by atoms with Gasteiger partial charge in [-0.05, 0) is 6.07 Å². The summed E-state index contributed by atoms with van der Waals surface area (Å²) in [6.45, 7) is 4.00. The van der Waals surface area contributed by atoms with E-state index in [9.17, 15) is 4.39 Å². The molecule has 0 bridgehead atoms. The van der Waals surface area contributed by atoms with E-state index in [0.29, 0.717) is 22.3 Å². The standard InChI is InChI=1S/C12H11FN6O.C2H6/c1-19-11-8(10(14)16-5-17-11)9(18-19)6-3-7(13)12(20-2)15-4-6;1-2/h3-5H,1-2H3,(H2,14,16,17);1-2H3. The molecular weight excluding hydrogens is 287 g/mol. The van der Waals surface area contributed by atoms with E-state index in [0.717, 1.165) is 0 Å². The van der Waals surface area contributed by atoms with Gasteiger partial charge in [-0.15, -0.1) is 0 Å². The summed E-state index contributed by atoms with van der Waals surface area (Å²) < 4.78 is 20.1. The molecule has 0 fully saturated rings. The van der Waals surface area contributed by atoms with Gasteiger partial charge in [0.1, 0.15) is 17.8 Å². The van der Waals surface area contributed by atoms with Crippen molar-refractivity contribution >= 4 is 16.9 Å². The molecule has 0 unspecified atom stereocenters. The fourth-order valence-corrected chi connectivity index (χ4v) is 2.02. The van der Waals surface area contributed by atoms with Crippen LogP contribution >= 0.6 is 0 Å². The van der Waals surface area contributed by atoms with Gasteiger partial charge in [-0.3, -0.25) is 0 Å². The van der Waals surface area contributed by atoms with Gasteiger partial charge in [-0.1, -0.05) is 13.8 Å². The monoisotopic (exact) mass is 304 g/mol. The van der Waals surface area contributed by atoms with Gasteiger partial charge in [-0.25, -0.2) is 24.0 Å². The summed E-state index contributed by atoms with van der Waals surface area (Å²) in [6, 6.07) is 1.29. The van der Waals surface area contributed by atoms with Gasteiger partial charge in [0, 0.05) is 18.8 Å². The summed E-state index contributed by atoms with van der Waals surface area (Å²) in [7, 11) is 3.08. The molecule has 0 aliphatic rings. The number of rotatable bonds is 2. The Morgan fingerprint density at radius 3 is 2.59 bits per heavy atom. The van der Waals surface area contributed by atoms with Crippen LogP contribution < -0.4 is 10.5 Å². The molecule has 3 aromatic heterocycles. The third kappa shape index (κ3) is 2.54. The molecule has 3 rings (SSSR count). The summed E-state index contributed by atoms with van der Waals surface area (Å²) in [5.41, 5.74) is 7.39. The maximum atomic E-state index is 13.8. The van der Waals surface area contributed by atoms with Gasteiger partial charge >= 0.3 is 0 Å². The Balaban J connectivity index is 0.000000847. The zero-order valence-electron chi connectivity index (χ0n) is 12.8. The molecule has 3 heterocycles. The van der Waals surface area contributed by atoms with E-state index < -0.39 is 5.82 Å². The van der Waals surface area contributed by atoms with Crippen molar-refractivity contribution in [1.82, 2.24) is 24.7 Å². The van der Waals surface area contributed by atoms with Crippen LogP contribution in [0.4, 0.5) is 10.2 Å². The second-order valence-electron chi connectivity index (χ2n) is 4.14. The lowest BCUT2D eigenvalue weighted by Gasteiger charge is -2.03. The first-order valence-corrected chi connectivity index (χ1v) is 6.75. The first-order chi connectivity index (χ1) is 10.6. The van der Waals surface area contributed by atoms with E-state index in [-0.39, 0.29) is 11.7 Å². The number of ether oxygens (including phenoxy) is 1. The second kappa shape index (κ2) is 6.33. The molecule has 0 radical (unpaired) electrons. The summed E-state index contributed by atoms with van der Waals surface area (Å²) >= 11 is 0. The van der Waals surface area contributed by atoms with Crippen LogP contribution in [0.15, 0.2) is 18.6 Å². The quantitative estimate of drug-likeness (QED) is 0.780. The van der Waals surface area contributed by atoms with E-state index in [1.165, 1.54) is 25.7 Å². The lowest BCUT2D eigenvalue weighted by atomic mass is 10.1. The molecule has 2 N–H and O–H groups in total. The number of hydrogen-bond donors (Lipinski definition) is 1. The number of nitrogens with two attached hydrogens (primary N) is 1. The predicted octanol–water partition coefficient (Wildman–Crippen LogP) is 2.18. The summed E-state index contributed by atoms with van der Waals surface area (Å²) in [5.74, 6) is -0.355. The fraction of sp³-hybridized carbons (Fsp3) is 0.286. The molecule has 0 aromatic carbocycles. The first-order valence-electron chi connectivity index (χ1n) is 6.75. The van der Waals surface area contributed by atoms with Crippen molar-refractivity contribution < 1.29 is 9.13 Å². The molecule has 8 heteroatoms. The van der Waals surface area contributed by atoms with E-state index in [1.54, 1.807) is 11.7 Å². The Labute approximate surface area is 127 Å². The van der Waals surface area contributed by atoms with Crippen molar-refractivity contribution in [3.05, 3.63) is 24.4 Å². The third-order valence-corrected chi connectivity index (χ3v) is 2.92. The number of halogens is 1. The molecule has 0 spiro atoms. The maximum Gasteiger partial charge on any atom is 0.250 e. The number of methoxy groups -OCH3 is 1. The third-order valence-electron chi connectivity index (χ3n) is 2.92. The van der Waals surface area contributed by atoms with Gasteiger partial charge in [0.15, 0.2) is 11.5 Å². The maximum absolute atomic E-state index is 13.8. The molecule has 0 aliphatic heterocycles. The Morgan fingerprint density at radius 2 is 1.95 bits per heavy atom. The molecular formula is C14H17FN6O. The van der Waals surface area contributed by atoms with Crippen molar-refractivity contribution in [3.8, 4) is 17.1 Å². The fourth-order valence-electron chi connectivity index (χ4n) is 2.02. The number of anilines is 1. The highest BCUT2D eigenvalue weighted by Crippen LogP contribution is 2.30. The minimum absolute atomic E-state index is 0.0711. The number of nitrogens with zero attached hydrogens (tertiary/aromatic N) is 5. The van der Waals surface area contributed by atoms with Crippen molar-refractivity contribution in [3.63, 3.8) is 0 Å². The molecule has 22 heavy (non-hydrogen) atoms. The number of aryl methyl sites for hydroxylation is 1. The minimum atomic E-state index is -0.570. The number of nitrogen functional groups attached to an aromatic ring is 1. The molecule has 0 aliphatic carbocycles. The number of aromatic nitrogens is 5. The van der Waals surface area contributed by atoms with Crippen LogP contribution in [-0.4, -0.2) is 31.8 Å². The molecule has 3 aromatic rings. The molecule has 0 saturated carbocycles. The lowest BCUT2D eigenvalue weighted by Crippen LogP contribution is -1.95. The number of pyridine rings is 1. The van der Waals surface area contributed by atoms with Gasteiger partial charge in [0.05, 0.1) is 12.5 Å². The molecule has 0 atom stereocenters. The first kappa shape index (κ1) is 15.6. The Kier molecular flexibility index (Phi) is 4.50. The minimum Gasteiger partial charge on any atom is -0.479 e. The summed E-state index contributed by atoms with van der Waals surface area (Å²) in [4.78, 5) is 11.9. The van der Waals surface area contributed by atoms with Crippen LogP contribution in [0, 0.1) is 5.82 Å². The number of hydrogen-bond acceptors (Lipinski definition) is 6. The number of fused-ring (bicyclic) bond motifs is 1. The van der Waals surface area contributed by atoms with Crippen LogP contribution in [0.5, 0.6) is 5.88 Å². The summed E-state index contributed by atoms with van der Waals surface area (Å²) in [5, 5.41) is 4.87. The molecule has 7 nitrogen and oxygen atoms in total. The van der Waals surface area contributed by atoms with Gasteiger partial charge in [0.25, 0.3) is 0 Å². The van der Waals surface area contributed by atoms with Gasteiger partial charge in [-0.2, -0.15) is 5.10 Å². The zero-order chi connectivity index (χ0) is 16.3. The molecule has 0 amide bonds. The highest BCUT2D eigenvalue weighted by Gasteiger charge is 2.17. The van der Waals surface area contributed by atoms with Crippen LogP contribution in [0.25, 0.3) is 22.3 Å². The highest BCUT2D eigenvalue weighted by molar-refractivity contribution is 5.98. The van der Waals surface area contributed by atoms with Crippen molar-refractivity contribution in [2.75, 3.05) is 12.8 Å². The normalized spacial score (nSPS) is 10.2. The largest absolute Gasteiger partial charge is 0.479 e. The lowest BCUT2D eigenvalue weighted by molar-refractivity contribution is 0.369. The van der Waals surface area contributed by atoms with Crippen molar-refractivity contribution in [2.45, 2.75) is 13.8 Å². The van der Waals surface area contributed by atoms with E-state index in [2.05, 4.69) is 20.1 Å². The summed E-state index contributed by atoms with van der Waals surface area (Å²) in [6.07, 6.45) is 2.83. The smallest absolute Gasteiger partial charge is 0.250 e. The average Bonchev–Trinajstić information content (AvgIpc) is 2.88. The second-order valence-corrected chi connectivity index (χ2v) is 4.14. The topological polar surface area (TPSA) is 91.7 Å². The van der Waals surface area contributed by atoms with Gasteiger partial charge in [0.2, 0.25) is 5.88 Å². The molecule has 0 saturated heterocycles. The predicted molar refractivity (Wildman–Crippen MR) is 81.8 cm³/mol. The zero-order valence-corrected chi connectivity index (χ0v) is 12.8. The van der Waals surface area contributed by atoms with Crippen LogP contribution in [0.2, 0.25) is 0 Å². The molecule has 116 valence electrons. The Bertz CT molecular complexity index is 801.